The molecule has 0 bridgehead atoms. The van der Waals surface area contributed by atoms with E-state index in [0.717, 1.165) is 19.1 Å². The zero-order valence-electron chi connectivity index (χ0n) is 5.64. The Morgan fingerprint density at radius 2 is 2.33 bits per heavy atom. The lowest BCUT2D eigenvalue weighted by atomic mass is 10.0. The van der Waals surface area contributed by atoms with Crippen molar-refractivity contribution in [1.29, 1.82) is 0 Å². The van der Waals surface area contributed by atoms with Crippen LogP contribution in [0.15, 0.2) is 0 Å². The predicted molar refractivity (Wildman–Crippen MR) is 45.6 cm³/mol. The van der Waals surface area contributed by atoms with Gasteiger partial charge in [0.15, 0.2) is 0 Å². The van der Waals surface area contributed by atoms with Crippen LogP contribution in [0.4, 0.5) is 0 Å². The zero-order chi connectivity index (χ0) is 6.69. The molecule has 0 spiro atoms. The molecule has 1 fully saturated rings. The molecule has 1 heterocycles. The monoisotopic (exact) mass is 241 g/mol. The van der Waals surface area contributed by atoms with Crippen LogP contribution in [0.5, 0.6) is 0 Å². The quantitative estimate of drug-likeness (QED) is 0.690. The highest BCUT2D eigenvalue weighted by Crippen LogP contribution is 2.12. The molecule has 0 aromatic heterocycles. The number of nitrogens with zero attached hydrogens (tertiary/aromatic N) is 1. The van der Waals surface area contributed by atoms with Crippen molar-refractivity contribution in [2.24, 2.45) is 5.92 Å². The number of hydrogen-bond acceptors (Lipinski definition) is 2. The molecule has 0 N–H and O–H groups in total. The van der Waals surface area contributed by atoms with Crippen LogP contribution in [-0.4, -0.2) is 31.1 Å². The van der Waals surface area contributed by atoms with Crippen molar-refractivity contribution in [2.75, 3.05) is 26.2 Å². The summed E-state index contributed by atoms with van der Waals surface area (Å²) < 4.78 is 4.91. The summed E-state index contributed by atoms with van der Waals surface area (Å²) in [5.74, 6) is 0.916. The topological polar surface area (TPSA) is 12.5 Å². The van der Waals surface area contributed by atoms with Crippen molar-refractivity contribution in [3.05, 3.63) is 0 Å². The minimum absolute atomic E-state index is 0.868. The third kappa shape index (κ3) is 2.39. The summed E-state index contributed by atoms with van der Waals surface area (Å²) in [6, 6.07) is 0. The Kier molecular flexibility index (Phi) is 3.21. The van der Waals surface area contributed by atoms with E-state index in [1.807, 2.05) is 23.0 Å². The first-order chi connectivity index (χ1) is 4.33. The van der Waals surface area contributed by atoms with E-state index in [0.29, 0.717) is 0 Å². The molecule has 9 heavy (non-hydrogen) atoms. The first-order valence-electron chi connectivity index (χ1n) is 3.29. The second-order valence-corrected chi connectivity index (χ2v) is 3.30. The van der Waals surface area contributed by atoms with Gasteiger partial charge in [-0.05, 0) is 5.92 Å². The minimum Gasteiger partial charge on any atom is -0.314 e. The molecule has 1 aliphatic rings. The van der Waals surface area contributed by atoms with Crippen molar-refractivity contribution in [3.63, 3.8) is 0 Å². The Morgan fingerprint density at radius 3 is 2.78 bits per heavy atom. The Hall–Kier alpha value is 0.650. The van der Waals surface area contributed by atoms with Gasteiger partial charge < -0.3 is 7.97 Å². The second kappa shape index (κ2) is 3.73. The Bertz CT molecular complexity index is 83.1. The fourth-order valence-corrected chi connectivity index (χ4v) is 1.37. The van der Waals surface area contributed by atoms with E-state index < -0.39 is 0 Å². The van der Waals surface area contributed by atoms with E-state index in [-0.39, 0.29) is 0 Å². The van der Waals surface area contributed by atoms with Crippen LogP contribution in [0.25, 0.3) is 0 Å². The average Bonchev–Trinajstić information content (AvgIpc) is 1.78. The molecule has 0 saturated carbocycles. The van der Waals surface area contributed by atoms with Crippen molar-refractivity contribution in [2.45, 2.75) is 6.92 Å². The Balaban J connectivity index is 1.91. The molecule has 1 rings (SSSR count). The molecule has 1 saturated heterocycles. The van der Waals surface area contributed by atoms with Crippen molar-refractivity contribution < 1.29 is 3.07 Å². The lowest BCUT2D eigenvalue weighted by Gasteiger charge is -2.36. The van der Waals surface area contributed by atoms with E-state index in [2.05, 4.69) is 11.8 Å². The molecule has 0 amide bonds. The molecule has 0 atom stereocenters. The molecule has 0 aliphatic carbocycles. The lowest BCUT2D eigenvalue weighted by Crippen LogP contribution is -2.46. The molecule has 54 valence electrons. The highest BCUT2D eigenvalue weighted by atomic mass is 127. The second-order valence-electron chi connectivity index (χ2n) is 2.68. The predicted octanol–water partition coefficient (Wildman–Crippen LogP) is 1.30. The first kappa shape index (κ1) is 7.75. The van der Waals surface area contributed by atoms with Crippen LogP contribution in [0.2, 0.25) is 0 Å². The third-order valence-electron chi connectivity index (χ3n) is 1.62. The van der Waals surface area contributed by atoms with Gasteiger partial charge >= 0.3 is 0 Å². The summed E-state index contributed by atoms with van der Waals surface area (Å²) in [4.78, 5) is 2.41. The number of halogens is 1. The summed E-state index contributed by atoms with van der Waals surface area (Å²) in [6.45, 7) is 6.78. The van der Waals surface area contributed by atoms with E-state index in [1.54, 1.807) is 0 Å². The molecule has 0 aromatic rings. The number of rotatable bonds is 3. The highest BCUT2D eigenvalue weighted by molar-refractivity contribution is 14.1. The van der Waals surface area contributed by atoms with Crippen molar-refractivity contribution in [1.82, 2.24) is 4.90 Å². The maximum atomic E-state index is 4.91. The maximum absolute atomic E-state index is 4.91. The minimum atomic E-state index is 0.868. The SMILES string of the molecule is CC1CN(CCOI)C1. The fourth-order valence-electron chi connectivity index (χ4n) is 1.17. The lowest BCUT2D eigenvalue weighted by molar-refractivity contribution is 0.101. The Labute approximate surface area is 70.2 Å². The molecule has 0 radical (unpaired) electrons. The zero-order valence-corrected chi connectivity index (χ0v) is 7.80. The average molecular weight is 241 g/mol. The summed E-state index contributed by atoms with van der Waals surface area (Å²) in [5.41, 5.74) is 0. The first-order valence-corrected chi connectivity index (χ1v) is 4.17. The van der Waals surface area contributed by atoms with E-state index in [9.17, 15) is 0 Å². The molecule has 3 heteroatoms. The summed E-state index contributed by atoms with van der Waals surface area (Å²) in [5, 5.41) is 0. The summed E-state index contributed by atoms with van der Waals surface area (Å²) in [7, 11) is 0. The van der Waals surface area contributed by atoms with Crippen LogP contribution >= 0.6 is 23.0 Å². The molecule has 2 nitrogen and oxygen atoms in total. The molecule has 0 unspecified atom stereocenters. The summed E-state index contributed by atoms with van der Waals surface area (Å²) >= 11 is 1.94. The van der Waals surface area contributed by atoms with Gasteiger partial charge in [-0.3, -0.25) is 0 Å². The third-order valence-corrected chi connectivity index (χ3v) is 2.06. The largest absolute Gasteiger partial charge is 0.314 e. The smallest absolute Gasteiger partial charge is 0.109 e. The molecular weight excluding hydrogens is 229 g/mol. The van der Waals surface area contributed by atoms with Gasteiger partial charge in [-0.1, -0.05) is 6.92 Å². The van der Waals surface area contributed by atoms with E-state index in [4.69, 9.17) is 3.07 Å². The van der Waals surface area contributed by atoms with Crippen LogP contribution in [0, 0.1) is 5.92 Å². The highest BCUT2D eigenvalue weighted by Gasteiger charge is 2.20. The summed E-state index contributed by atoms with van der Waals surface area (Å²) in [6.07, 6.45) is 0. The molecule has 1 aliphatic heterocycles. The number of hydrogen-bond donors (Lipinski definition) is 0. The van der Waals surface area contributed by atoms with Gasteiger partial charge in [0.2, 0.25) is 0 Å². The van der Waals surface area contributed by atoms with Gasteiger partial charge in [-0.2, -0.15) is 0 Å². The van der Waals surface area contributed by atoms with Gasteiger partial charge in [0, 0.05) is 19.6 Å². The van der Waals surface area contributed by atoms with Gasteiger partial charge in [-0.15, -0.1) is 0 Å². The van der Waals surface area contributed by atoms with Crippen molar-refractivity contribution >= 4 is 23.0 Å². The Morgan fingerprint density at radius 1 is 1.67 bits per heavy atom. The fraction of sp³-hybridized carbons (Fsp3) is 1.00. The van der Waals surface area contributed by atoms with Gasteiger partial charge in [0.25, 0.3) is 0 Å². The van der Waals surface area contributed by atoms with Gasteiger partial charge in [0.1, 0.15) is 23.0 Å². The normalized spacial score (nSPS) is 22.0. The van der Waals surface area contributed by atoms with Crippen LogP contribution in [0.1, 0.15) is 6.92 Å². The van der Waals surface area contributed by atoms with Gasteiger partial charge in [-0.25, -0.2) is 0 Å². The van der Waals surface area contributed by atoms with Crippen LogP contribution in [-0.2, 0) is 3.07 Å². The van der Waals surface area contributed by atoms with E-state index in [1.165, 1.54) is 13.1 Å². The van der Waals surface area contributed by atoms with Crippen LogP contribution < -0.4 is 0 Å². The van der Waals surface area contributed by atoms with Crippen LogP contribution in [0.3, 0.4) is 0 Å². The molecule has 0 aromatic carbocycles. The molecular formula is C6H12INO. The van der Waals surface area contributed by atoms with Crippen molar-refractivity contribution in [3.8, 4) is 0 Å². The standard InChI is InChI=1S/C6H12INO/c1-6-4-8(5-6)2-3-9-7/h6H,2-5H2,1H3. The van der Waals surface area contributed by atoms with E-state index >= 15 is 0 Å². The maximum Gasteiger partial charge on any atom is 0.109 e. The number of likely N-dealkylation sites (tertiary alicyclic amines) is 1. The van der Waals surface area contributed by atoms with Gasteiger partial charge in [0.05, 0.1) is 6.61 Å².